The van der Waals surface area contributed by atoms with Crippen molar-refractivity contribution >= 4 is 18.4 Å². The van der Waals surface area contributed by atoms with Gasteiger partial charge in [-0.1, -0.05) is 0 Å². The molecule has 0 aliphatic carbocycles. The van der Waals surface area contributed by atoms with Gasteiger partial charge in [0.25, 0.3) is 0 Å². The van der Waals surface area contributed by atoms with Crippen molar-refractivity contribution in [1.29, 1.82) is 0 Å². The van der Waals surface area contributed by atoms with Gasteiger partial charge in [0, 0.05) is 6.54 Å². The van der Waals surface area contributed by atoms with E-state index < -0.39 is 5.97 Å². The molecule has 0 saturated heterocycles. The molecule has 12 heavy (non-hydrogen) atoms. The monoisotopic (exact) mass is 188 g/mol. The SMILES string of the molecule is Cl.O=C(O)c1ncn2c1CCC2. The van der Waals surface area contributed by atoms with Gasteiger partial charge in [0.2, 0.25) is 0 Å². The van der Waals surface area contributed by atoms with Crippen molar-refractivity contribution in [3.05, 3.63) is 17.7 Å². The van der Waals surface area contributed by atoms with Crippen LogP contribution in [0.15, 0.2) is 6.33 Å². The maximum Gasteiger partial charge on any atom is 0.356 e. The molecular weight excluding hydrogens is 180 g/mol. The third kappa shape index (κ3) is 1.18. The molecule has 1 N–H and O–H groups in total. The van der Waals surface area contributed by atoms with Crippen molar-refractivity contribution in [3.8, 4) is 0 Å². The van der Waals surface area contributed by atoms with Gasteiger partial charge >= 0.3 is 5.97 Å². The predicted molar refractivity (Wildman–Crippen MR) is 44.8 cm³/mol. The molecule has 1 aliphatic heterocycles. The van der Waals surface area contributed by atoms with Crippen molar-refractivity contribution in [2.24, 2.45) is 0 Å². The standard InChI is InChI=1S/C7H8N2O2.ClH/c10-7(11)6-5-2-1-3-9(5)4-8-6;/h4H,1-3H2,(H,10,11);1H. The van der Waals surface area contributed by atoms with Crippen LogP contribution in [0.5, 0.6) is 0 Å². The quantitative estimate of drug-likeness (QED) is 0.714. The molecule has 2 rings (SSSR count). The summed E-state index contributed by atoms with van der Waals surface area (Å²) in [5.74, 6) is -0.916. The lowest BCUT2D eigenvalue weighted by molar-refractivity contribution is 0.0690. The summed E-state index contributed by atoms with van der Waals surface area (Å²) >= 11 is 0. The highest BCUT2D eigenvalue weighted by Gasteiger charge is 2.20. The van der Waals surface area contributed by atoms with E-state index in [0.29, 0.717) is 0 Å². The molecule has 1 aliphatic rings. The second kappa shape index (κ2) is 3.15. The van der Waals surface area contributed by atoms with Crippen LogP contribution in [0.4, 0.5) is 0 Å². The molecule has 66 valence electrons. The molecule has 0 amide bonds. The van der Waals surface area contributed by atoms with E-state index in [4.69, 9.17) is 5.11 Å². The van der Waals surface area contributed by atoms with Crippen molar-refractivity contribution in [3.63, 3.8) is 0 Å². The number of aromatic nitrogens is 2. The van der Waals surface area contributed by atoms with E-state index in [1.807, 2.05) is 4.57 Å². The zero-order chi connectivity index (χ0) is 7.84. The molecule has 1 aromatic rings. The van der Waals surface area contributed by atoms with Gasteiger partial charge in [-0.15, -0.1) is 12.4 Å². The van der Waals surface area contributed by atoms with Gasteiger partial charge < -0.3 is 9.67 Å². The van der Waals surface area contributed by atoms with Crippen LogP contribution in [0.1, 0.15) is 22.6 Å². The average molecular weight is 189 g/mol. The van der Waals surface area contributed by atoms with Crippen LogP contribution in [0.25, 0.3) is 0 Å². The first kappa shape index (κ1) is 9.06. The van der Waals surface area contributed by atoms with Crippen molar-refractivity contribution in [2.75, 3.05) is 0 Å². The Balaban J connectivity index is 0.000000720. The Kier molecular flexibility index (Phi) is 2.38. The zero-order valence-corrected chi connectivity index (χ0v) is 7.17. The lowest BCUT2D eigenvalue weighted by Gasteiger charge is -1.92. The maximum absolute atomic E-state index is 10.5. The molecule has 1 aromatic heterocycles. The molecule has 4 nitrogen and oxygen atoms in total. The van der Waals surface area contributed by atoms with Gasteiger partial charge in [0.1, 0.15) is 0 Å². The Bertz CT molecular complexity index is 308. The Morgan fingerprint density at radius 2 is 2.42 bits per heavy atom. The molecule has 0 unspecified atom stereocenters. The first-order valence-electron chi connectivity index (χ1n) is 3.56. The summed E-state index contributed by atoms with van der Waals surface area (Å²) in [4.78, 5) is 14.3. The van der Waals surface area contributed by atoms with Gasteiger partial charge in [-0.05, 0) is 12.8 Å². The second-order valence-electron chi connectivity index (χ2n) is 2.64. The Labute approximate surface area is 75.6 Å². The number of carboxylic acids is 1. The summed E-state index contributed by atoms with van der Waals surface area (Å²) in [6.07, 6.45) is 3.49. The minimum atomic E-state index is -0.916. The molecule has 0 atom stereocenters. The number of aromatic carboxylic acids is 1. The summed E-state index contributed by atoms with van der Waals surface area (Å²) in [6.45, 7) is 0.912. The second-order valence-corrected chi connectivity index (χ2v) is 2.64. The molecule has 0 bridgehead atoms. The molecule has 0 radical (unpaired) electrons. The van der Waals surface area contributed by atoms with E-state index in [9.17, 15) is 4.79 Å². The normalized spacial score (nSPS) is 13.7. The Morgan fingerprint density at radius 1 is 1.67 bits per heavy atom. The van der Waals surface area contributed by atoms with Crippen LogP contribution in [-0.4, -0.2) is 20.6 Å². The largest absolute Gasteiger partial charge is 0.476 e. The minimum absolute atomic E-state index is 0. The molecule has 0 saturated carbocycles. The van der Waals surface area contributed by atoms with Crippen molar-refractivity contribution < 1.29 is 9.90 Å². The summed E-state index contributed by atoms with van der Waals surface area (Å²) in [7, 11) is 0. The molecule has 2 heterocycles. The van der Waals surface area contributed by atoms with Gasteiger partial charge in [-0.25, -0.2) is 9.78 Å². The molecule has 5 heteroatoms. The van der Waals surface area contributed by atoms with Crippen LogP contribution >= 0.6 is 12.4 Å². The van der Waals surface area contributed by atoms with Crippen LogP contribution in [-0.2, 0) is 13.0 Å². The number of aryl methyl sites for hydroxylation is 1. The highest BCUT2D eigenvalue weighted by Crippen LogP contribution is 2.17. The predicted octanol–water partition coefficient (Wildman–Crippen LogP) is 0.949. The van der Waals surface area contributed by atoms with Crippen molar-refractivity contribution in [1.82, 2.24) is 9.55 Å². The fourth-order valence-electron chi connectivity index (χ4n) is 1.46. The van der Waals surface area contributed by atoms with Crippen LogP contribution in [0.2, 0.25) is 0 Å². The topological polar surface area (TPSA) is 55.1 Å². The van der Waals surface area contributed by atoms with E-state index in [0.717, 1.165) is 25.1 Å². The van der Waals surface area contributed by atoms with Crippen LogP contribution in [0.3, 0.4) is 0 Å². The number of carbonyl (C=O) groups is 1. The van der Waals surface area contributed by atoms with E-state index in [1.165, 1.54) is 0 Å². The molecule has 0 fully saturated rings. The van der Waals surface area contributed by atoms with Crippen molar-refractivity contribution in [2.45, 2.75) is 19.4 Å². The third-order valence-electron chi connectivity index (χ3n) is 1.96. The fraction of sp³-hybridized carbons (Fsp3) is 0.429. The van der Waals surface area contributed by atoms with Gasteiger partial charge in [0.15, 0.2) is 5.69 Å². The highest BCUT2D eigenvalue weighted by atomic mass is 35.5. The van der Waals surface area contributed by atoms with Gasteiger partial charge in [-0.3, -0.25) is 0 Å². The fourth-order valence-corrected chi connectivity index (χ4v) is 1.46. The third-order valence-corrected chi connectivity index (χ3v) is 1.96. The first-order valence-corrected chi connectivity index (χ1v) is 3.56. The zero-order valence-electron chi connectivity index (χ0n) is 6.36. The van der Waals surface area contributed by atoms with Crippen LogP contribution < -0.4 is 0 Å². The minimum Gasteiger partial charge on any atom is -0.476 e. The van der Waals surface area contributed by atoms with Gasteiger partial charge in [-0.2, -0.15) is 0 Å². The smallest absolute Gasteiger partial charge is 0.356 e. The lowest BCUT2D eigenvalue weighted by Crippen LogP contribution is -2.00. The average Bonchev–Trinajstić information content (AvgIpc) is 2.41. The number of fused-ring (bicyclic) bond motifs is 1. The maximum atomic E-state index is 10.5. The Hall–Kier alpha value is -1.03. The molecule has 0 spiro atoms. The lowest BCUT2D eigenvalue weighted by atomic mass is 10.2. The summed E-state index contributed by atoms with van der Waals surface area (Å²) < 4.78 is 1.91. The summed E-state index contributed by atoms with van der Waals surface area (Å²) in [6, 6.07) is 0. The molecule has 0 aromatic carbocycles. The van der Waals surface area contributed by atoms with Crippen LogP contribution in [0, 0.1) is 0 Å². The summed E-state index contributed by atoms with van der Waals surface area (Å²) in [5, 5.41) is 8.66. The van der Waals surface area contributed by atoms with E-state index in [-0.39, 0.29) is 18.1 Å². The van der Waals surface area contributed by atoms with E-state index >= 15 is 0 Å². The number of hydrogen-bond acceptors (Lipinski definition) is 2. The number of rotatable bonds is 1. The summed E-state index contributed by atoms with van der Waals surface area (Å²) in [5.41, 5.74) is 1.10. The highest BCUT2D eigenvalue weighted by molar-refractivity contribution is 5.86. The van der Waals surface area contributed by atoms with Gasteiger partial charge in [0.05, 0.1) is 12.0 Å². The van der Waals surface area contributed by atoms with E-state index in [1.54, 1.807) is 6.33 Å². The number of halogens is 1. The first-order chi connectivity index (χ1) is 5.29. The molecular formula is C7H9ClN2O2. The number of hydrogen-bond donors (Lipinski definition) is 1. The number of nitrogens with zero attached hydrogens (tertiary/aromatic N) is 2. The number of imidazole rings is 1. The number of carboxylic acid groups (broad SMARTS) is 1. The van der Waals surface area contributed by atoms with E-state index in [2.05, 4.69) is 4.98 Å². The Morgan fingerprint density at radius 3 is 3.08 bits per heavy atom.